The fraction of sp³-hybridized carbons (Fsp3) is 0.480. The minimum atomic E-state index is -0.0999. The third-order valence-electron chi connectivity index (χ3n) is 6.97. The molecule has 0 bridgehead atoms. The van der Waals surface area contributed by atoms with E-state index in [1.807, 2.05) is 17.1 Å². The number of rotatable bonds is 7. The molecule has 1 aliphatic heterocycles. The van der Waals surface area contributed by atoms with Crippen LogP contribution in [0.25, 0.3) is 11.3 Å². The second kappa shape index (κ2) is 8.29. The van der Waals surface area contributed by atoms with Gasteiger partial charge in [-0.25, -0.2) is 9.97 Å². The van der Waals surface area contributed by atoms with E-state index < -0.39 is 0 Å². The standard InChI is InChI=1S/C25H30ClN7/c1-31-10-12-32(13-11-31)21-6-4-20(5-7-21)29-24-27-15-22(18-2-3-18)23(30-24)19-14-28-33(16-19)17-25(26)8-9-25/h4-7,14-16,18H,2-3,8-13,17H2,1H3,(H,27,29,30). The number of nitrogens with zero attached hydrogens (tertiary/aromatic N) is 6. The lowest BCUT2D eigenvalue weighted by atomic mass is 10.1. The van der Waals surface area contributed by atoms with E-state index in [0.29, 0.717) is 11.9 Å². The molecule has 1 N–H and O–H groups in total. The zero-order chi connectivity index (χ0) is 22.4. The van der Waals surface area contributed by atoms with Crippen LogP contribution in [-0.2, 0) is 6.54 Å². The van der Waals surface area contributed by atoms with Gasteiger partial charge in [-0.05, 0) is 62.9 Å². The first-order valence-corrected chi connectivity index (χ1v) is 12.3. The minimum absolute atomic E-state index is 0.0999. The highest BCUT2D eigenvalue weighted by molar-refractivity contribution is 6.25. The zero-order valence-corrected chi connectivity index (χ0v) is 19.8. The molecule has 3 heterocycles. The van der Waals surface area contributed by atoms with Crippen LogP contribution in [-0.4, -0.2) is 62.7 Å². The van der Waals surface area contributed by atoms with Crippen molar-refractivity contribution in [3.8, 4) is 11.3 Å². The van der Waals surface area contributed by atoms with Crippen LogP contribution in [0.1, 0.15) is 37.2 Å². The number of hydrogen-bond acceptors (Lipinski definition) is 6. The summed E-state index contributed by atoms with van der Waals surface area (Å²) >= 11 is 6.51. The van der Waals surface area contributed by atoms with Crippen molar-refractivity contribution in [1.82, 2.24) is 24.6 Å². The van der Waals surface area contributed by atoms with Crippen molar-refractivity contribution in [3.63, 3.8) is 0 Å². The number of piperazine rings is 1. The van der Waals surface area contributed by atoms with Crippen molar-refractivity contribution in [2.45, 2.75) is 43.0 Å². The Labute approximate surface area is 199 Å². The summed E-state index contributed by atoms with van der Waals surface area (Å²) in [5, 5.41) is 7.95. The molecule has 1 aromatic carbocycles. The fourth-order valence-corrected chi connectivity index (χ4v) is 4.70. The van der Waals surface area contributed by atoms with Crippen LogP contribution in [0, 0.1) is 0 Å². The molecule has 1 saturated heterocycles. The van der Waals surface area contributed by atoms with E-state index in [4.69, 9.17) is 16.6 Å². The van der Waals surface area contributed by atoms with Gasteiger partial charge in [0.15, 0.2) is 0 Å². The molecule has 3 aromatic rings. The molecule has 8 heteroatoms. The maximum atomic E-state index is 6.51. The topological polar surface area (TPSA) is 62.1 Å². The average molecular weight is 464 g/mol. The molecular formula is C25H30ClN7. The summed E-state index contributed by atoms with van der Waals surface area (Å²) in [7, 11) is 2.18. The van der Waals surface area contributed by atoms with Crippen LogP contribution >= 0.6 is 11.6 Å². The summed E-state index contributed by atoms with van der Waals surface area (Å²) < 4.78 is 1.96. The first-order chi connectivity index (χ1) is 16.0. The smallest absolute Gasteiger partial charge is 0.227 e. The molecule has 3 aliphatic rings. The summed E-state index contributed by atoms with van der Waals surface area (Å²) in [5.41, 5.74) is 5.49. The molecule has 6 rings (SSSR count). The Hall–Kier alpha value is -2.64. The highest BCUT2D eigenvalue weighted by Crippen LogP contribution is 2.45. The molecule has 3 fully saturated rings. The maximum absolute atomic E-state index is 6.51. The summed E-state index contributed by atoms with van der Waals surface area (Å²) in [6, 6.07) is 8.58. The zero-order valence-electron chi connectivity index (χ0n) is 19.0. The van der Waals surface area contributed by atoms with E-state index in [2.05, 4.69) is 62.7 Å². The number of aromatic nitrogens is 4. The number of nitrogens with one attached hydrogen (secondary N) is 1. The van der Waals surface area contributed by atoms with E-state index >= 15 is 0 Å². The molecular weight excluding hydrogens is 434 g/mol. The van der Waals surface area contributed by atoms with Gasteiger partial charge in [-0.3, -0.25) is 4.68 Å². The van der Waals surface area contributed by atoms with E-state index in [1.54, 1.807) is 0 Å². The predicted molar refractivity (Wildman–Crippen MR) is 132 cm³/mol. The molecule has 0 spiro atoms. The highest BCUT2D eigenvalue weighted by Gasteiger charge is 2.41. The molecule has 33 heavy (non-hydrogen) atoms. The molecule has 172 valence electrons. The maximum Gasteiger partial charge on any atom is 0.227 e. The third kappa shape index (κ3) is 4.70. The molecule has 2 aromatic heterocycles. The van der Waals surface area contributed by atoms with Crippen LogP contribution in [0.3, 0.4) is 0 Å². The highest BCUT2D eigenvalue weighted by atomic mass is 35.5. The Morgan fingerprint density at radius 2 is 1.82 bits per heavy atom. The van der Waals surface area contributed by atoms with Crippen LogP contribution in [0.15, 0.2) is 42.9 Å². The molecule has 0 atom stereocenters. The van der Waals surface area contributed by atoms with Crippen LogP contribution in [0.5, 0.6) is 0 Å². The van der Waals surface area contributed by atoms with E-state index in [9.17, 15) is 0 Å². The van der Waals surface area contributed by atoms with E-state index in [-0.39, 0.29) is 4.87 Å². The monoisotopic (exact) mass is 463 g/mol. The Balaban J connectivity index is 1.20. The second-order valence-electron chi connectivity index (χ2n) is 9.81. The first kappa shape index (κ1) is 20.9. The van der Waals surface area contributed by atoms with Crippen LogP contribution in [0.2, 0.25) is 0 Å². The quantitative estimate of drug-likeness (QED) is 0.521. The summed E-state index contributed by atoms with van der Waals surface area (Å²) in [4.78, 5) is 14.3. The lowest BCUT2D eigenvalue weighted by molar-refractivity contribution is 0.313. The summed E-state index contributed by atoms with van der Waals surface area (Å²) in [6.45, 7) is 5.09. The average Bonchev–Trinajstić information content (AvgIpc) is 3.75. The van der Waals surface area contributed by atoms with E-state index in [1.165, 1.54) is 24.1 Å². The number of anilines is 3. The van der Waals surface area contributed by atoms with Crippen molar-refractivity contribution >= 4 is 28.9 Å². The fourth-order valence-electron chi connectivity index (χ4n) is 4.48. The van der Waals surface area contributed by atoms with Gasteiger partial charge < -0.3 is 15.1 Å². The van der Waals surface area contributed by atoms with E-state index in [0.717, 1.165) is 62.5 Å². The minimum Gasteiger partial charge on any atom is -0.369 e. The van der Waals surface area contributed by atoms with Crippen molar-refractivity contribution in [1.29, 1.82) is 0 Å². The molecule has 2 aliphatic carbocycles. The van der Waals surface area contributed by atoms with Gasteiger partial charge >= 0.3 is 0 Å². The summed E-state index contributed by atoms with van der Waals surface area (Å²) in [5.74, 6) is 1.17. The van der Waals surface area contributed by atoms with Crippen LogP contribution < -0.4 is 10.2 Å². The van der Waals surface area contributed by atoms with Gasteiger partial charge in [0.1, 0.15) is 0 Å². The van der Waals surface area contributed by atoms with Gasteiger partial charge in [0, 0.05) is 61.1 Å². The van der Waals surface area contributed by atoms with Gasteiger partial charge in [-0.15, -0.1) is 11.6 Å². The number of alkyl halides is 1. The SMILES string of the molecule is CN1CCN(c2ccc(Nc3ncc(C4CC4)c(-c4cnn(CC5(Cl)CC5)c4)n3)cc2)CC1. The van der Waals surface area contributed by atoms with Crippen molar-refractivity contribution in [3.05, 3.63) is 48.4 Å². The Kier molecular flexibility index (Phi) is 5.26. The van der Waals surface area contributed by atoms with Crippen molar-refractivity contribution < 1.29 is 0 Å². The second-order valence-corrected chi connectivity index (χ2v) is 10.6. The molecule has 0 unspecified atom stereocenters. The summed E-state index contributed by atoms with van der Waals surface area (Å²) in [6.07, 6.45) is 10.5. The number of halogens is 1. The van der Waals surface area contributed by atoms with Gasteiger partial charge in [-0.2, -0.15) is 5.10 Å². The third-order valence-corrected chi connectivity index (χ3v) is 7.47. The van der Waals surface area contributed by atoms with Crippen molar-refractivity contribution in [2.24, 2.45) is 0 Å². The largest absolute Gasteiger partial charge is 0.369 e. The lowest BCUT2D eigenvalue weighted by Crippen LogP contribution is -2.44. The predicted octanol–water partition coefficient (Wildman–Crippen LogP) is 4.48. The molecule has 7 nitrogen and oxygen atoms in total. The number of likely N-dealkylation sites (N-methyl/N-ethyl adjacent to an activating group) is 1. The molecule has 0 amide bonds. The lowest BCUT2D eigenvalue weighted by Gasteiger charge is -2.34. The Morgan fingerprint density at radius 1 is 1.06 bits per heavy atom. The van der Waals surface area contributed by atoms with Gasteiger partial charge in [-0.1, -0.05) is 0 Å². The van der Waals surface area contributed by atoms with Crippen molar-refractivity contribution in [2.75, 3.05) is 43.4 Å². The molecule has 0 radical (unpaired) electrons. The van der Waals surface area contributed by atoms with Gasteiger partial charge in [0.25, 0.3) is 0 Å². The molecule has 2 saturated carbocycles. The van der Waals surface area contributed by atoms with Crippen LogP contribution in [0.4, 0.5) is 17.3 Å². The number of benzene rings is 1. The first-order valence-electron chi connectivity index (χ1n) is 11.9. The van der Waals surface area contributed by atoms with Gasteiger partial charge in [0.2, 0.25) is 5.95 Å². The normalized spacial score (nSPS) is 20.1. The Morgan fingerprint density at radius 3 is 2.52 bits per heavy atom. The number of hydrogen-bond donors (Lipinski definition) is 1. The van der Waals surface area contributed by atoms with Gasteiger partial charge in [0.05, 0.1) is 23.3 Å². The Bertz CT molecular complexity index is 1130.